The van der Waals surface area contributed by atoms with Crippen molar-refractivity contribution in [1.29, 1.82) is 0 Å². The van der Waals surface area contributed by atoms with Gasteiger partial charge in [0.25, 0.3) is 0 Å². The van der Waals surface area contributed by atoms with Gasteiger partial charge in [0.2, 0.25) is 12.0 Å². The average molecular weight is 569 g/mol. The highest BCUT2D eigenvalue weighted by atomic mass is 16.7. The van der Waals surface area contributed by atoms with Crippen molar-refractivity contribution in [2.75, 3.05) is 41.2 Å². The summed E-state index contributed by atoms with van der Waals surface area (Å²) in [6.45, 7) is -1.37. The van der Waals surface area contributed by atoms with Crippen molar-refractivity contribution >= 4 is 6.08 Å². The van der Waals surface area contributed by atoms with Crippen LogP contribution in [0, 0.1) is 0 Å². The number of hydrogen-bond donors (Lipinski definition) is 7. The molecule has 0 radical (unpaired) electrons. The number of benzene rings is 2. The minimum Gasteiger partial charge on any atom is -0.493 e. The van der Waals surface area contributed by atoms with E-state index in [1.54, 1.807) is 18.2 Å². The molecule has 3 rings (SSSR count). The van der Waals surface area contributed by atoms with Crippen LogP contribution in [0.5, 0.6) is 28.7 Å². The third kappa shape index (κ3) is 6.95. The standard InChI is InChI=1S/C27H36O13/c1-35-17-11-15(6-7-16(17)39-27-25(34)24(33)23(32)21(13-30)40-27)22(31)20(12-29)38-26-18(36-2)9-14(5-4-8-28)10-19(26)37-3/h4-7,9-11,20-25,27-34H,8,12-13H2,1-3H3/b5-4+/t20?,21-,22?,23-,24+,25-,27-/m1/s1. The smallest absolute Gasteiger partial charge is 0.229 e. The lowest BCUT2D eigenvalue weighted by molar-refractivity contribution is -0.277. The van der Waals surface area contributed by atoms with Crippen LogP contribution in [0.25, 0.3) is 6.08 Å². The van der Waals surface area contributed by atoms with E-state index >= 15 is 0 Å². The monoisotopic (exact) mass is 568 g/mol. The first-order valence-corrected chi connectivity index (χ1v) is 12.4. The molecular formula is C27H36O13. The molecule has 13 heteroatoms. The second kappa shape index (κ2) is 14.5. The first kappa shape index (κ1) is 31.4. The molecule has 0 spiro atoms. The van der Waals surface area contributed by atoms with Gasteiger partial charge in [0.1, 0.15) is 30.5 Å². The predicted molar refractivity (Wildman–Crippen MR) is 140 cm³/mol. The fourth-order valence-electron chi connectivity index (χ4n) is 4.12. The number of hydrogen-bond acceptors (Lipinski definition) is 13. The zero-order valence-corrected chi connectivity index (χ0v) is 22.3. The summed E-state index contributed by atoms with van der Waals surface area (Å²) >= 11 is 0. The van der Waals surface area contributed by atoms with Crippen molar-refractivity contribution in [3.63, 3.8) is 0 Å². The van der Waals surface area contributed by atoms with E-state index in [9.17, 15) is 30.6 Å². The van der Waals surface area contributed by atoms with E-state index < -0.39 is 56.1 Å². The molecule has 1 aliphatic heterocycles. The second-order valence-corrected chi connectivity index (χ2v) is 8.85. The maximum absolute atomic E-state index is 11.1. The van der Waals surface area contributed by atoms with Gasteiger partial charge in [0, 0.05) is 0 Å². The van der Waals surface area contributed by atoms with Crippen LogP contribution in [0.1, 0.15) is 17.2 Å². The quantitative estimate of drug-likeness (QED) is 0.161. The molecule has 7 N–H and O–H groups in total. The molecule has 1 saturated heterocycles. The molecule has 2 aromatic rings. The Morgan fingerprint density at radius 3 is 2.05 bits per heavy atom. The van der Waals surface area contributed by atoms with Crippen molar-refractivity contribution < 1.29 is 64.2 Å². The summed E-state index contributed by atoms with van der Waals surface area (Å²) < 4.78 is 33.2. The second-order valence-electron chi connectivity index (χ2n) is 8.85. The van der Waals surface area contributed by atoms with E-state index in [1.165, 1.54) is 45.6 Å². The summed E-state index contributed by atoms with van der Waals surface area (Å²) in [5, 5.41) is 69.9. The minimum absolute atomic E-state index is 0.0686. The lowest BCUT2D eigenvalue weighted by atomic mass is 9.99. The van der Waals surface area contributed by atoms with E-state index in [4.69, 9.17) is 33.5 Å². The number of aliphatic hydroxyl groups is 7. The van der Waals surface area contributed by atoms with Gasteiger partial charge < -0.3 is 64.2 Å². The highest BCUT2D eigenvalue weighted by Gasteiger charge is 2.45. The fraction of sp³-hybridized carbons (Fsp3) is 0.481. The predicted octanol–water partition coefficient (Wildman–Crippen LogP) is -0.630. The Hall–Kier alpha value is -3.14. The van der Waals surface area contributed by atoms with Crippen LogP contribution in [0.2, 0.25) is 0 Å². The zero-order valence-electron chi connectivity index (χ0n) is 22.3. The third-order valence-electron chi connectivity index (χ3n) is 6.32. The molecule has 0 saturated carbocycles. The van der Waals surface area contributed by atoms with Crippen LogP contribution < -0.4 is 23.7 Å². The van der Waals surface area contributed by atoms with Crippen LogP contribution in [0.15, 0.2) is 36.4 Å². The van der Waals surface area contributed by atoms with Crippen molar-refractivity contribution in [1.82, 2.24) is 0 Å². The minimum atomic E-state index is -1.63. The number of methoxy groups -OCH3 is 3. The van der Waals surface area contributed by atoms with Gasteiger partial charge in [-0.3, -0.25) is 0 Å². The fourth-order valence-corrected chi connectivity index (χ4v) is 4.12. The molecule has 1 aliphatic rings. The van der Waals surface area contributed by atoms with E-state index in [0.29, 0.717) is 5.56 Å². The first-order chi connectivity index (χ1) is 19.2. The van der Waals surface area contributed by atoms with Crippen molar-refractivity contribution in [3.8, 4) is 28.7 Å². The van der Waals surface area contributed by atoms with Gasteiger partial charge in [-0.1, -0.05) is 18.2 Å². The number of ether oxygens (including phenoxy) is 6. The van der Waals surface area contributed by atoms with E-state index in [1.807, 2.05) is 0 Å². The maximum Gasteiger partial charge on any atom is 0.229 e. The third-order valence-corrected chi connectivity index (χ3v) is 6.32. The van der Waals surface area contributed by atoms with Gasteiger partial charge in [-0.15, -0.1) is 0 Å². The van der Waals surface area contributed by atoms with Crippen molar-refractivity contribution in [2.45, 2.75) is 42.9 Å². The Morgan fingerprint density at radius 1 is 0.850 bits per heavy atom. The highest BCUT2D eigenvalue weighted by Crippen LogP contribution is 2.41. The summed E-state index contributed by atoms with van der Waals surface area (Å²) in [5.74, 6) is 0.852. The largest absolute Gasteiger partial charge is 0.493 e. The van der Waals surface area contributed by atoms with Gasteiger partial charge in [-0.25, -0.2) is 0 Å². The van der Waals surface area contributed by atoms with Crippen LogP contribution in [0.3, 0.4) is 0 Å². The van der Waals surface area contributed by atoms with Gasteiger partial charge in [-0.2, -0.15) is 0 Å². The molecule has 0 aromatic heterocycles. The first-order valence-electron chi connectivity index (χ1n) is 12.4. The molecule has 0 aliphatic carbocycles. The van der Waals surface area contributed by atoms with E-state index in [-0.39, 0.29) is 40.9 Å². The Balaban J connectivity index is 1.84. The topological polar surface area (TPSA) is 197 Å². The Bertz CT molecular complexity index is 1100. The normalized spacial score (nSPS) is 24.4. The van der Waals surface area contributed by atoms with E-state index in [0.717, 1.165) is 0 Å². The molecule has 2 aromatic carbocycles. The summed E-state index contributed by atoms with van der Waals surface area (Å²) in [6.07, 6.45) is -6.75. The lowest BCUT2D eigenvalue weighted by Crippen LogP contribution is -2.60. The molecule has 1 heterocycles. The van der Waals surface area contributed by atoms with Crippen molar-refractivity contribution in [3.05, 3.63) is 47.5 Å². The Kier molecular flexibility index (Phi) is 11.4. The molecule has 222 valence electrons. The summed E-state index contributed by atoms with van der Waals surface area (Å²) in [6, 6.07) is 7.58. The Morgan fingerprint density at radius 2 is 1.50 bits per heavy atom. The van der Waals surface area contributed by atoms with Gasteiger partial charge in [0.05, 0.1) is 41.2 Å². The molecule has 1 fully saturated rings. The summed E-state index contributed by atoms with van der Waals surface area (Å²) in [5.41, 5.74) is 0.938. The van der Waals surface area contributed by atoms with Gasteiger partial charge in [0.15, 0.2) is 29.1 Å². The number of aliphatic hydroxyl groups excluding tert-OH is 7. The molecule has 0 bridgehead atoms. The molecule has 40 heavy (non-hydrogen) atoms. The van der Waals surface area contributed by atoms with Crippen LogP contribution >= 0.6 is 0 Å². The van der Waals surface area contributed by atoms with Gasteiger partial charge >= 0.3 is 0 Å². The Labute approximate surface area is 231 Å². The maximum atomic E-state index is 11.1. The van der Waals surface area contributed by atoms with Crippen molar-refractivity contribution in [2.24, 2.45) is 0 Å². The summed E-state index contributed by atoms with van der Waals surface area (Å²) in [7, 11) is 4.18. The van der Waals surface area contributed by atoms with E-state index in [2.05, 4.69) is 0 Å². The van der Waals surface area contributed by atoms with Crippen LogP contribution in [-0.2, 0) is 4.74 Å². The zero-order chi connectivity index (χ0) is 29.4. The molecule has 2 unspecified atom stereocenters. The molecule has 7 atom stereocenters. The summed E-state index contributed by atoms with van der Waals surface area (Å²) in [4.78, 5) is 0. The van der Waals surface area contributed by atoms with Gasteiger partial charge in [-0.05, 0) is 35.4 Å². The lowest BCUT2D eigenvalue weighted by Gasteiger charge is -2.39. The molecule has 13 nitrogen and oxygen atoms in total. The molecular weight excluding hydrogens is 532 g/mol. The van der Waals surface area contributed by atoms with Crippen LogP contribution in [-0.4, -0.2) is 114 Å². The highest BCUT2D eigenvalue weighted by molar-refractivity contribution is 5.62. The SMILES string of the molecule is COc1cc(C(O)C(CO)Oc2c(OC)cc(/C=C/CO)cc2OC)ccc1O[C@@H]1O[C@H](CO)[C@@H](O)[C@H](O)[C@H]1O. The molecule has 0 amide bonds. The number of rotatable bonds is 13. The average Bonchev–Trinajstić information content (AvgIpc) is 2.98. The van der Waals surface area contributed by atoms with Crippen LogP contribution in [0.4, 0.5) is 0 Å².